The lowest BCUT2D eigenvalue weighted by atomic mass is 10.3. The number of hydrogen-bond donors (Lipinski definition) is 3. The standard InChI is InChI=1S/C13H21N3O4S/c14-12-10-11(2-3-13(12)17)21(18,19)15-4-1-5-16-6-8-20-9-7-16/h2-3,10,15,17H,1,4-9,14H2. The van der Waals surface area contributed by atoms with E-state index in [2.05, 4.69) is 9.62 Å². The van der Waals surface area contributed by atoms with Gasteiger partial charge in [-0.25, -0.2) is 13.1 Å². The number of nitrogens with two attached hydrogens (primary N) is 1. The van der Waals surface area contributed by atoms with Gasteiger partial charge in [0.25, 0.3) is 0 Å². The summed E-state index contributed by atoms with van der Waals surface area (Å²) in [6, 6.07) is 3.85. The molecule has 4 N–H and O–H groups in total. The van der Waals surface area contributed by atoms with Crippen LogP contribution >= 0.6 is 0 Å². The fourth-order valence-corrected chi connectivity index (χ4v) is 3.23. The first kappa shape index (κ1) is 16.0. The van der Waals surface area contributed by atoms with E-state index in [4.69, 9.17) is 10.5 Å². The molecular weight excluding hydrogens is 294 g/mol. The van der Waals surface area contributed by atoms with Gasteiger partial charge in [0.2, 0.25) is 10.0 Å². The molecule has 8 heteroatoms. The molecule has 0 unspecified atom stereocenters. The van der Waals surface area contributed by atoms with Crippen LogP contribution in [0, 0.1) is 0 Å². The van der Waals surface area contributed by atoms with E-state index < -0.39 is 10.0 Å². The fourth-order valence-electron chi connectivity index (χ4n) is 2.12. The minimum Gasteiger partial charge on any atom is -0.506 e. The molecule has 1 fully saturated rings. The third-order valence-electron chi connectivity index (χ3n) is 3.36. The molecule has 1 heterocycles. The van der Waals surface area contributed by atoms with Crippen molar-refractivity contribution in [2.75, 3.05) is 45.1 Å². The first-order valence-corrected chi connectivity index (χ1v) is 8.35. The topological polar surface area (TPSA) is 105 Å². The van der Waals surface area contributed by atoms with Gasteiger partial charge in [0.05, 0.1) is 23.8 Å². The Morgan fingerprint density at radius 1 is 1.33 bits per heavy atom. The summed E-state index contributed by atoms with van der Waals surface area (Å²) in [4.78, 5) is 2.31. The van der Waals surface area contributed by atoms with E-state index >= 15 is 0 Å². The highest BCUT2D eigenvalue weighted by Crippen LogP contribution is 2.22. The molecule has 2 rings (SSSR count). The zero-order valence-electron chi connectivity index (χ0n) is 11.8. The predicted octanol–water partition coefficient (Wildman–Crippen LogP) is -0.0250. The fraction of sp³-hybridized carbons (Fsp3) is 0.538. The highest BCUT2D eigenvalue weighted by Gasteiger charge is 2.15. The number of phenols is 1. The Kier molecular flexibility index (Phi) is 5.40. The summed E-state index contributed by atoms with van der Waals surface area (Å²) in [5.41, 5.74) is 5.56. The van der Waals surface area contributed by atoms with Crippen LogP contribution in [-0.4, -0.2) is 57.8 Å². The third-order valence-corrected chi connectivity index (χ3v) is 4.81. The highest BCUT2D eigenvalue weighted by molar-refractivity contribution is 7.89. The summed E-state index contributed by atoms with van der Waals surface area (Å²) in [5, 5.41) is 9.31. The van der Waals surface area contributed by atoms with Crippen LogP contribution in [0.3, 0.4) is 0 Å². The number of phenolic OH excluding ortho intramolecular Hbond substituents is 1. The number of nitrogen functional groups attached to an aromatic ring is 1. The van der Waals surface area contributed by atoms with E-state index in [0.29, 0.717) is 6.54 Å². The number of anilines is 1. The molecular formula is C13H21N3O4S. The number of benzene rings is 1. The van der Waals surface area contributed by atoms with Gasteiger partial charge in [0.1, 0.15) is 5.75 Å². The largest absolute Gasteiger partial charge is 0.506 e. The summed E-state index contributed by atoms with van der Waals surface area (Å²) in [7, 11) is -3.59. The molecule has 21 heavy (non-hydrogen) atoms. The quantitative estimate of drug-likeness (QED) is 0.387. The van der Waals surface area contributed by atoms with Crippen molar-refractivity contribution in [2.45, 2.75) is 11.3 Å². The average Bonchev–Trinajstić information content (AvgIpc) is 2.47. The number of sulfonamides is 1. The van der Waals surface area contributed by atoms with E-state index in [1.54, 1.807) is 0 Å². The summed E-state index contributed by atoms with van der Waals surface area (Å²) in [6.07, 6.45) is 0.729. The van der Waals surface area contributed by atoms with E-state index in [1.807, 2.05) is 0 Å². The Balaban J connectivity index is 1.82. The number of aromatic hydroxyl groups is 1. The SMILES string of the molecule is Nc1cc(S(=O)(=O)NCCCN2CCOCC2)ccc1O. The summed E-state index contributed by atoms with van der Waals surface area (Å²) in [5.74, 6) is -0.124. The molecule has 1 aromatic rings. The maximum absolute atomic E-state index is 12.1. The van der Waals surface area contributed by atoms with E-state index in [9.17, 15) is 13.5 Å². The molecule has 1 saturated heterocycles. The number of nitrogens with zero attached hydrogens (tertiary/aromatic N) is 1. The lowest BCUT2D eigenvalue weighted by Gasteiger charge is -2.26. The van der Waals surface area contributed by atoms with Crippen LogP contribution in [0.5, 0.6) is 5.75 Å². The van der Waals surface area contributed by atoms with Gasteiger partial charge in [0, 0.05) is 19.6 Å². The molecule has 0 radical (unpaired) electrons. The monoisotopic (exact) mass is 315 g/mol. The second kappa shape index (κ2) is 7.08. The molecule has 0 bridgehead atoms. The minimum absolute atomic E-state index is 0.0474. The second-order valence-corrected chi connectivity index (χ2v) is 6.69. The van der Waals surface area contributed by atoms with Gasteiger partial charge in [-0.2, -0.15) is 0 Å². The molecule has 0 saturated carbocycles. The van der Waals surface area contributed by atoms with Crippen LogP contribution in [0.2, 0.25) is 0 Å². The van der Waals surface area contributed by atoms with Gasteiger partial charge < -0.3 is 15.6 Å². The minimum atomic E-state index is -3.59. The van der Waals surface area contributed by atoms with Crippen molar-refractivity contribution in [3.63, 3.8) is 0 Å². The lowest BCUT2D eigenvalue weighted by Crippen LogP contribution is -2.38. The molecule has 0 amide bonds. The first-order chi connectivity index (χ1) is 9.99. The highest BCUT2D eigenvalue weighted by atomic mass is 32.2. The number of morpholine rings is 1. The third kappa shape index (κ3) is 4.57. The smallest absolute Gasteiger partial charge is 0.240 e. The van der Waals surface area contributed by atoms with Crippen molar-refractivity contribution < 1.29 is 18.3 Å². The van der Waals surface area contributed by atoms with Gasteiger partial charge in [-0.15, -0.1) is 0 Å². The van der Waals surface area contributed by atoms with E-state index in [0.717, 1.165) is 39.3 Å². The van der Waals surface area contributed by atoms with Gasteiger partial charge in [0.15, 0.2) is 0 Å². The maximum Gasteiger partial charge on any atom is 0.240 e. The van der Waals surface area contributed by atoms with E-state index in [1.165, 1.54) is 18.2 Å². The molecule has 0 atom stereocenters. The molecule has 0 aliphatic carbocycles. The van der Waals surface area contributed by atoms with Gasteiger partial charge in [-0.05, 0) is 31.2 Å². The Morgan fingerprint density at radius 2 is 2.05 bits per heavy atom. The summed E-state index contributed by atoms with van der Waals surface area (Å²) < 4.78 is 31.9. The van der Waals surface area contributed by atoms with Crippen LogP contribution < -0.4 is 10.5 Å². The predicted molar refractivity (Wildman–Crippen MR) is 79.6 cm³/mol. The molecule has 7 nitrogen and oxygen atoms in total. The molecule has 118 valence electrons. The number of rotatable bonds is 6. The van der Waals surface area contributed by atoms with Crippen molar-refractivity contribution in [1.82, 2.24) is 9.62 Å². The maximum atomic E-state index is 12.1. The van der Waals surface area contributed by atoms with Gasteiger partial charge >= 0.3 is 0 Å². The van der Waals surface area contributed by atoms with Crippen molar-refractivity contribution >= 4 is 15.7 Å². The number of nitrogens with one attached hydrogen (secondary N) is 1. The molecule has 0 spiro atoms. The number of ether oxygens (including phenoxy) is 1. The van der Waals surface area contributed by atoms with E-state index in [-0.39, 0.29) is 16.3 Å². The number of hydrogen-bond acceptors (Lipinski definition) is 6. The zero-order valence-corrected chi connectivity index (χ0v) is 12.6. The van der Waals surface area contributed by atoms with Crippen molar-refractivity contribution in [3.8, 4) is 5.75 Å². The van der Waals surface area contributed by atoms with Crippen molar-refractivity contribution in [1.29, 1.82) is 0 Å². The van der Waals surface area contributed by atoms with Crippen LogP contribution in [0.4, 0.5) is 5.69 Å². The average molecular weight is 315 g/mol. The Bertz CT molecular complexity index is 571. The molecule has 1 aliphatic rings. The lowest BCUT2D eigenvalue weighted by molar-refractivity contribution is 0.0376. The Morgan fingerprint density at radius 3 is 2.71 bits per heavy atom. The zero-order chi connectivity index (χ0) is 15.3. The summed E-state index contributed by atoms with van der Waals surface area (Å²) in [6.45, 7) is 4.45. The van der Waals surface area contributed by atoms with Crippen LogP contribution in [0.1, 0.15) is 6.42 Å². The second-order valence-electron chi connectivity index (χ2n) is 4.93. The normalized spacial score (nSPS) is 17.0. The summed E-state index contributed by atoms with van der Waals surface area (Å²) >= 11 is 0. The van der Waals surface area contributed by atoms with Crippen LogP contribution in [0.15, 0.2) is 23.1 Å². The molecule has 0 aromatic heterocycles. The van der Waals surface area contributed by atoms with Crippen molar-refractivity contribution in [3.05, 3.63) is 18.2 Å². The van der Waals surface area contributed by atoms with Crippen LogP contribution in [0.25, 0.3) is 0 Å². The molecule has 1 aliphatic heterocycles. The first-order valence-electron chi connectivity index (χ1n) is 6.87. The Labute approximate surface area is 124 Å². The van der Waals surface area contributed by atoms with Gasteiger partial charge in [-0.1, -0.05) is 0 Å². The Hall–Kier alpha value is -1.35. The van der Waals surface area contributed by atoms with Crippen molar-refractivity contribution in [2.24, 2.45) is 0 Å². The van der Waals surface area contributed by atoms with Crippen LogP contribution in [-0.2, 0) is 14.8 Å². The van der Waals surface area contributed by atoms with Gasteiger partial charge in [-0.3, -0.25) is 4.90 Å². The molecule has 1 aromatic carbocycles.